The Hall–Kier alpha value is -3.81. The van der Waals surface area contributed by atoms with Gasteiger partial charge in [0.05, 0.1) is 10.2 Å². The number of aromatic hydroxyl groups is 1. The van der Waals surface area contributed by atoms with Crippen LogP contribution in [0, 0.1) is 11.8 Å². The van der Waals surface area contributed by atoms with Crippen molar-refractivity contribution in [3.63, 3.8) is 0 Å². The molecule has 4 heterocycles. The number of anilines is 1. The number of carbonyl (C=O) groups excluding carboxylic acids is 5. The standard InChI is InChI=1S/C36H42BrN5O7/c37-29-19-23(5-6-31(29)44)22-49-35(48)40-16-11-27(20-28(40)12-18-43)39-15-9-25-3-1-2-4-30(25)42(34(39)47)41-17-10-26(24-7-13-38-14-8-24)21-36(41)32(45)33(36)46/h1-6,18-19,24,26-28,38,44H,7-17,20-22H2/t26?,27?,28-/m0/s1. The molecule has 2 unspecified atom stereocenters. The molecule has 2 aromatic rings. The van der Waals surface area contributed by atoms with Crippen LogP contribution in [0.3, 0.4) is 0 Å². The van der Waals surface area contributed by atoms with E-state index in [1.807, 2.05) is 29.2 Å². The highest BCUT2D eigenvalue weighted by atomic mass is 79.9. The summed E-state index contributed by atoms with van der Waals surface area (Å²) >= 11 is 3.27. The van der Waals surface area contributed by atoms with Crippen LogP contribution in [0.15, 0.2) is 46.9 Å². The van der Waals surface area contributed by atoms with Gasteiger partial charge in [-0.25, -0.2) is 14.6 Å². The van der Waals surface area contributed by atoms with Crippen molar-refractivity contribution in [1.29, 1.82) is 0 Å². The molecule has 0 radical (unpaired) electrons. The number of benzene rings is 2. The Morgan fingerprint density at radius 1 is 1.00 bits per heavy atom. The summed E-state index contributed by atoms with van der Waals surface area (Å²) < 4.78 is 6.10. The van der Waals surface area contributed by atoms with Crippen LogP contribution >= 0.6 is 15.9 Å². The van der Waals surface area contributed by atoms with Crippen molar-refractivity contribution < 1.29 is 33.8 Å². The number of hydrogen-bond donors (Lipinski definition) is 2. The fourth-order valence-electron chi connectivity index (χ4n) is 8.55. The van der Waals surface area contributed by atoms with E-state index in [2.05, 4.69) is 21.2 Å². The van der Waals surface area contributed by atoms with Crippen molar-refractivity contribution in [2.75, 3.05) is 37.7 Å². The van der Waals surface area contributed by atoms with E-state index in [1.165, 1.54) is 6.07 Å². The predicted molar refractivity (Wildman–Crippen MR) is 183 cm³/mol. The van der Waals surface area contributed by atoms with E-state index >= 15 is 0 Å². The van der Waals surface area contributed by atoms with Crippen molar-refractivity contribution in [3.05, 3.63) is 58.1 Å². The highest BCUT2D eigenvalue weighted by Gasteiger charge is 2.72. The Kier molecular flexibility index (Phi) is 9.51. The predicted octanol–water partition coefficient (Wildman–Crippen LogP) is 4.22. The molecule has 3 saturated heterocycles. The average Bonchev–Trinajstić information content (AvgIpc) is 3.67. The molecule has 7 rings (SSSR count). The van der Waals surface area contributed by atoms with Gasteiger partial charge in [0.25, 0.3) is 0 Å². The molecule has 2 N–H and O–H groups in total. The number of hydrazine groups is 1. The summed E-state index contributed by atoms with van der Waals surface area (Å²) in [6.07, 6.45) is 5.05. The molecule has 1 saturated carbocycles. The third kappa shape index (κ3) is 6.25. The number of likely N-dealkylation sites (tertiary alicyclic amines) is 1. The van der Waals surface area contributed by atoms with E-state index in [0.717, 1.165) is 44.2 Å². The van der Waals surface area contributed by atoms with Crippen molar-refractivity contribution in [2.24, 2.45) is 11.8 Å². The first-order valence-corrected chi connectivity index (χ1v) is 18.1. The molecular formula is C36H42BrN5O7. The zero-order valence-corrected chi connectivity index (χ0v) is 29.0. The van der Waals surface area contributed by atoms with Crippen LogP contribution in [0.1, 0.15) is 56.1 Å². The normalized spacial score (nSPS) is 26.0. The lowest BCUT2D eigenvalue weighted by atomic mass is 9.76. The number of urea groups is 1. The number of piperidine rings is 3. The van der Waals surface area contributed by atoms with Gasteiger partial charge in [0.15, 0.2) is 5.54 Å². The Morgan fingerprint density at radius 2 is 1.78 bits per heavy atom. The molecule has 49 heavy (non-hydrogen) atoms. The summed E-state index contributed by atoms with van der Waals surface area (Å²) in [5, 5.41) is 16.6. The van der Waals surface area contributed by atoms with Crippen molar-refractivity contribution in [1.82, 2.24) is 20.1 Å². The second kappa shape index (κ2) is 13.8. The first-order valence-electron chi connectivity index (χ1n) is 17.3. The summed E-state index contributed by atoms with van der Waals surface area (Å²) in [5.74, 6) is -0.0554. The van der Waals surface area contributed by atoms with Gasteiger partial charge in [0.1, 0.15) is 18.6 Å². The van der Waals surface area contributed by atoms with Crippen LogP contribution in [0.5, 0.6) is 5.75 Å². The van der Waals surface area contributed by atoms with Crippen LogP contribution in [0.2, 0.25) is 0 Å². The number of phenols is 1. The van der Waals surface area contributed by atoms with Gasteiger partial charge in [-0.2, -0.15) is 5.01 Å². The molecule has 260 valence electrons. The Labute approximate surface area is 293 Å². The van der Waals surface area contributed by atoms with Gasteiger partial charge in [-0.1, -0.05) is 24.3 Å². The van der Waals surface area contributed by atoms with Gasteiger partial charge < -0.3 is 29.8 Å². The van der Waals surface area contributed by atoms with Gasteiger partial charge in [-0.3, -0.25) is 9.59 Å². The molecule has 1 aliphatic carbocycles. The number of carbonyl (C=O) groups is 5. The number of Topliss-reactive ketones (excluding diaryl/α,β-unsaturated/α-hetero) is 2. The van der Waals surface area contributed by atoms with E-state index in [-0.39, 0.29) is 36.8 Å². The number of nitrogens with one attached hydrogen (secondary N) is 1. The molecule has 2 aromatic carbocycles. The van der Waals surface area contributed by atoms with Gasteiger partial charge in [0.2, 0.25) is 11.6 Å². The molecule has 0 aromatic heterocycles. The van der Waals surface area contributed by atoms with Gasteiger partial charge >= 0.3 is 12.1 Å². The third-order valence-electron chi connectivity index (χ3n) is 11.3. The summed E-state index contributed by atoms with van der Waals surface area (Å²) in [6, 6.07) is 11.5. The van der Waals surface area contributed by atoms with Crippen LogP contribution in [-0.2, 0) is 32.1 Å². The number of ketones is 2. The first-order chi connectivity index (χ1) is 23.7. The van der Waals surface area contributed by atoms with Crippen molar-refractivity contribution >= 4 is 51.6 Å². The van der Waals surface area contributed by atoms with E-state index < -0.39 is 29.2 Å². The third-order valence-corrected chi connectivity index (χ3v) is 11.9. The minimum atomic E-state index is -1.31. The number of ether oxygens (including phenoxy) is 1. The van der Waals surface area contributed by atoms with Crippen molar-refractivity contribution in [2.45, 2.75) is 75.6 Å². The average molecular weight is 737 g/mol. The number of halogens is 1. The molecule has 3 atom stereocenters. The van der Waals surface area contributed by atoms with Gasteiger partial charge in [0, 0.05) is 38.1 Å². The molecule has 13 heteroatoms. The number of amides is 3. The maximum absolute atomic E-state index is 14.8. The number of nitrogens with zero attached hydrogens (tertiary/aromatic N) is 4. The molecule has 12 nitrogen and oxygen atoms in total. The van der Waals surface area contributed by atoms with Crippen LogP contribution < -0.4 is 10.3 Å². The zero-order valence-electron chi connectivity index (χ0n) is 27.4. The minimum absolute atomic E-state index is 0.00318. The zero-order chi connectivity index (χ0) is 34.3. The molecule has 4 fully saturated rings. The maximum Gasteiger partial charge on any atom is 0.410 e. The van der Waals surface area contributed by atoms with Crippen LogP contribution in [0.4, 0.5) is 15.3 Å². The first kappa shape index (κ1) is 33.7. The maximum atomic E-state index is 14.8. The monoisotopic (exact) mass is 735 g/mol. The van der Waals surface area contributed by atoms with E-state index in [9.17, 15) is 29.1 Å². The number of phenolic OH excluding ortho intramolecular Hbond substituents is 1. The minimum Gasteiger partial charge on any atom is -0.507 e. The fourth-order valence-corrected chi connectivity index (χ4v) is 8.98. The topological polar surface area (TPSA) is 140 Å². The Balaban J connectivity index is 1.11. The summed E-state index contributed by atoms with van der Waals surface area (Å²) in [6.45, 7) is 3.01. The SMILES string of the molecule is O=CC[C@H]1CC(N2CCc3ccccc3N(N3CCC(C4CCNCC4)CC34C(=O)C4=O)C2=O)CCN1C(=O)OCc1ccc(O)c(Br)c1. The fraction of sp³-hybridized carbons (Fsp3) is 0.528. The number of rotatable bonds is 7. The smallest absolute Gasteiger partial charge is 0.410 e. The molecule has 1 spiro atoms. The van der Waals surface area contributed by atoms with Crippen LogP contribution in [0.25, 0.3) is 0 Å². The number of para-hydroxylation sites is 1. The number of hydrogen-bond acceptors (Lipinski definition) is 9. The van der Waals surface area contributed by atoms with E-state index in [4.69, 9.17) is 4.74 Å². The highest BCUT2D eigenvalue weighted by molar-refractivity contribution is 9.10. The molecule has 4 aliphatic heterocycles. The lowest BCUT2D eigenvalue weighted by molar-refractivity contribution is -0.122. The molecule has 5 aliphatic rings. The van der Waals surface area contributed by atoms with Crippen LogP contribution in [-0.4, -0.2) is 100 Å². The number of aldehydes is 1. The Bertz CT molecular complexity index is 1630. The quantitative estimate of drug-likeness (QED) is 0.243. The summed E-state index contributed by atoms with van der Waals surface area (Å²) in [5.41, 5.74) is 1.03. The van der Waals surface area contributed by atoms with Crippen molar-refractivity contribution in [3.8, 4) is 5.75 Å². The largest absolute Gasteiger partial charge is 0.507 e. The second-order valence-corrected chi connectivity index (χ2v) is 14.8. The van der Waals surface area contributed by atoms with E-state index in [1.54, 1.807) is 27.1 Å². The lowest BCUT2D eigenvalue weighted by Crippen LogP contribution is -2.63. The Morgan fingerprint density at radius 3 is 2.51 bits per heavy atom. The second-order valence-electron chi connectivity index (χ2n) is 13.9. The number of fused-ring (bicyclic) bond motifs is 1. The van der Waals surface area contributed by atoms with Gasteiger partial charge in [-0.15, -0.1) is 0 Å². The molecule has 0 bridgehead atoms. The summed E-state index contributed by atoms with van der Waals surface area (Å²) in [4.78, 5) is 69.9. The molecule has 3 amide bonds. The highest BCUT2D eigenvalue weighted by Crippen LogP contribution is 2.49. The van der Waals surface area contributed by atoms with Gasteiger partial charge in [-0.05, 0) is 115 Å². The van der Waals surface area contributed by atoms with E-state index in [0.29, 0.717) is 67.0 Å². The molecular weight excluding hydrogens is 694 g/mol. The summed E-state index contributed by atoms with van der Waals surface area (Å²) in [7, 11) is 0. The lowest BCUT2D eigenvalue weighted by Gasteiger charge is -2.48.